The van der Waals surface area contributed by atoms with Crippen molar-refractivity contribution in [1.82, 2.24) is 24.4 Å². The number of halogens is 1. The van der Waals surface area contributed by atoms with Gasteiger partial charge in [0.15, 0.2) is 5.82 Å². The van der Waals surface area contributed by atoms with Crippen LogP contribution >= 0.6 is 0 Å². The second-order valence-electron chi connectivity index (χ2n) is 6.39. The maximum absolute atomic E-state index is 14.0. The Labute approximate surface area is 146 Å². The normalized spacial score (nSPS) is 20.8. The fourth-order valence-electron chi connectivity index (χ4n) is 3.30. The van der Waals surface area contributed by atoms with Crippen LogP contribution in [0.3, 0.4) is 0 Å². The highest BCUT2D eigenvalue weighted by atomic mass is 19.1. The van der Waals surface area contributed by atoms with E-state index in [2.05, 4.69) is 19.9 Å². The van der Waals surface area contributed by atoms with Gasteiger partial charge in [0.05, 0.1) is 0 Å². The average Bonchev–Trinajstić information content (AvgIpc) is 2.95. The van der Waals surface area contributed by atoms with E-state index in [-0.39, 0.29) is 11.6 Å². The molecular weight excluding hydrogens is 323 g/mol. The van der Waals surface area contributed by atoms with Crippen LogP contribution in [0.5, 0.6) is 0 Å². The van der Waals surface area contributed by atoms with E-state index in [1.165, 1.54) is 6.33 Å². The summed E-state index contributed by atoms with van der Waals surface area (Å²) in [5.74, 6) is 0.398. The number of nitrogens with zero attached hydrogens (tertiary/aromatic N) is 6. The highest BCUT2D eigenvalue weighted by Crippen LogP contribution is 2.23. The standard InChI is InChI=1S/C17H23FN6O/c1-3-23-5-4-21-16(17(23)25)22(2)11-15-6-14(18)10-24(15)9-13-7-19-12-20-8-13/h4-5,7-8,12,14-15H,3,6,9-11H2,1-2H3/t14-,15-/m0/s1. The first kappa shape index (κ1) is 17.5. The summed E-state index contributed by atoms with van der Waals surface area (Å²) in [6.45, 7) is 4.04. The molecule has 0 amide bonds. The number of hydrogen-bond donors (Lipinski definition) is 0. The van der Waals surface area contributed by atoms with Crippen LogP contribution in [0, 0.1) is 0 Å². The Morgan fingerprint density at radius 2 is 2.12 bits per heavy atom. The molecular formula is C17H23FN6O. The molecule has 3 heterocycles. The maximum atomic E-state index is 14.0. The van der Waals surface area contributed by atoms with Gasteiger partial charge < -0.3 is 9.47 Å². The third-order valence-corrected chi connectivity index (χ3v) is 4.56. The molecule has 134 valence electrons. The zero-order valence-electron chi connectivity index (χ0n) is 14.5. The van der Waals surface area contributed by atoms with Gasteiger partial charge in [-0.2, -0.15) is 0 Å². The second kappa shape index (κ2) is 7.69. The fourth-order valence-corrected chi connectivity index (χ4v) is 3.30. The Kier molecular flexibility index (Phi) is 5.37. The van der Waals surface area contributed by atoms with Gasteiger partial charge in [-0.25, -0.2) is 19.3 Å². The third kappa shape index (κ3) is 4.01. The molecule has 0 aromatic carbocycles. The number of hydrogen-bond acceptors (Lipinski definition) is 6. The number of anilines is 1. The summed E-state index contributed by atoms with van der Waals surface area (Å²) in [4.78, 5) is 28.6. The highest BCUT2D eigenvalue weighted by Gasteiger charge is 2.33. The molecule has 2 aromatic rings. The SMILES string of the molecule is CCn1ccnc(N(C)C[C@@H]2C[C@H](F)CN2Cc2cncnc2)c1=O. The summed E-state index contributed by atoms with van der Waals surface area (Å²) in [5.41, 5.74) is 0.834. The van der Waals surface area contributed by atoms with Crippen LogP contribution in [0.1, 0.15) is 18.9 Å². The van der Waals surface area contributed by atoms with E-state index in [9.17, 15) is 9.18 Å². The maximum Gasteiger partial charge on any atom is 0.293 e. The quantitative estimate of drug-likeness (QED) is 0.780. The Morgan fingerprint density at radius 3 is 2.84 bits per heavy atom. The molecule has 8 heteroatoms. The summed E-state index contributed by atoms with van der Waals surface area (Å²) in [5, 5.41) is 0. The Morgan fingerprint density at radius 1 is 1.36 bits per heavy atom. The van der Waals surface area contributed by atoms with E-state index in [1.807, 2.05) is 18.9 Å². The van der Waals surface area contributed by atoms with Crippen molar-refractivity contribution in [3.63, 3.8) is 0 Å². The molecule has 0 N–H and O–H groups in total. The lowest BCUT2D eigenvalue weighted by Crippen LogP contribution is -2.41. The van der Waals surface area contributed by atoms with Crippen molar-refractivity contribution in [1.29, 1.82) is 0 Å². The van der Waals surface area contributed by atoms with Gasteiger partial charge >= 0.3 is 0 Å². The number of likely N-dealkylation sites (tertiary alicyclic amines) is 1. The molecule has 3 rings (SSSR count). The second-order valence-corrected chi connectivity index (χ2v) is 6.39. The van der Waals surface area contributed by atoms with E-state index < -0.39 is 6.17 Å². The molecule has 1 fully saturated rings. The Bertz CT molecular complexity index is 752. The summed E-state index contributed by atoms with van der Waals surface area (Å²) in [7, 11) is 1.83. The van der Waals surface area contributed by atoms with Crippen molar-refractivity contribution in [3.8, 4) is 0 Å². The van der Waals surface area contributed by atoms with Crippen LogP contribution in [0.15, 0.2) is 35.9 Å². The number of aryl methyl sites for hydroxylation is 1. The van der Waals surface area contributed by atoms with E-state index >= 15 is 0 Å². The zero-order chi connectivity index (χ0) is 17.8. The lowest BCUT2D eigenvalue weighted by Gasteiger charge is -2.28. The van der Waals surface area contributed by atoms with Gasteiger partial charge in [-0.15, -0.1) is 0 Å². The van der Waals surface area contributed by atoms with Crippen molar-refractivity contribution in [2.24, 2.45) is 0 Å². The number of rotatable bonds is 6. The van der Waals surface area contributed by atoms with Gasteiger partial charge in [-0.05, 0) is 13.3 Å². The molecule has 1 saturated heterocycles. The molecule has 0 radical (unpaired) electrons. The summed E-state index contributed by atoms with van der Waals surface area (Å²) in [6.07, 6.45) is 7.87. The Hall–Kier alpha value is -2.35. The predicted molar refractivity (Wildman–Crippen MR) is 93.2 cm³/mol. The van der Waals surface area contributed by atoms with Crippen molar-refractivity contribution < 1.29 is 4.39 Å². The minimum absolute atomic E-state index is 0.0108. The highest BCUT2D eigenvalue weighted by molar-refractivity contribution is 5.34. The van der Waals surface area contributed by atoms with Gasteiger partial charge in [0.25, 0.3) is 5.56 Å². The predicted octanol–water partition coefficient (Wildman–Crippen LogP) is 1.10. The molecule has 2 aromatic heterocycles. The number of aromatic nitrogens is 4. The van der Waals surface area contributed by atoms with Crippen molar-refractivity contribution in [2.75, 3.05) is 25.0 Å². The summed E-state index contributed by atoms with van der Waals surface area (Å²) >= 11 is 0. The summed E-state index contributed by atoms with van der Waals surface area (Å²) in [6, 6.07) is 0.0108. The number of likely N-dealkylation sites (N-methyl/N-ethyl adjacent to an activating group) is 1. The van der Waals surface area contributed by atoms with Crippen LogP contribution in [0.4, 0.5) is 10.2 Å². The molecule has 0 unspecified atom stereocenters. The molecule has 0 spiro atoms. The molecule has 2 atom stereocenters. The van der Waals surface area contributed by atoms with E-state index in [4.69, 9.17) is 0 Å². The van der Waals surface area contributed by atoms with Gasteiger partial charge in [0, 0.05) is 69.6 Å². The lowest BCUT2D eigenvalue weighted by atomic mass is 10.2. The average molecular weight is 346 g/mol. The van der Waals surface area contributed by atoms with Crippen LogP contribution in [-0.2, 0) is 13.1 Å². The minimum atomic E-state index is -0.862. The first-order valence-electron chi connectivity index (χ1n) is 8.47. The van der Waals surface area contributed by atoms with Crippen molar-refractivity contribution >= 4 is 5.82 Å². The van der Waals surface area contributed by atoms with E-state index in [0.717, 1.165) is 5.56 Å². The number of alkyl halides is 1. The van der Waals surface area contributed by atoms with Crippen molar-refractivity contribution in [3.05, 3.63) is 47.0 Å². The lowest BCUT2D eigenvalue weighted by molar-refractivity contribution is 0.236. The zero-order valence-corrected chi connectivity index (χ0v) is 14.5. The van der Waals surface area contributed by atoms with Crippen molar-refractivity contribution in [2.45, 2.75) is 38.6 Å². The molecule has 0 bridgehead atoms. The first-order valence-corrected chi connectivity index (χ1v) is 8.47. The summed E-state index contributed by atoms with van der Waals surface area (Å²) < 4.78 is 15.6. The van der Waals surface area contributed by atoms with Crippen LogP contribution in [-0.4, -0.2) is 56.8 Å². The van der Waals surface area contributed by atoms with Crippen LogP contribution < -0.4 is 10.5 Å². The van der Waals surface area contributed by atoms with E-state index in [1.54, 1.807) is 29.4 Å². The van der Waals surface area contributed by atoms with Gasteiger partial charge in [0.2, 0.25) is 0 Å². The molecule has 1 aliphatic rings. The Balaban J connectivity index is 1.73. The van der Waals surface area contributed by atoms with E-state index in [0.29, 0.717) is 38.4 Å². The molecule has 25 heavy (non-hydrogen) atoms. The first-order chi connectivity index (χ1) is 12.1. The monoisotopic (exact) mass is 346 g/mol. The van der Waals surface area contributed by atoms with Crippen LogP contribution in [0.25, 0.3) is 0 Å². The third-order valence-electron chi connectivity index (χ3n) is 4.56. The molecule has 1 aliphatic heterocycles. The molecule has 0 saturated carbocycles. The topological polar surface area (TPSA) is 67.2 Å². The fraction of sp³-hybridized carbons (Fsp3) is 0.529. The molecule has 7 nitrogen and oxygen atoms in total. The largest absolute Gasteiger partial charge is 0.354 e. The molecule has 0 aliphatic carbocycles. The minimum Gasteiger partial charge on any atom is -0.354 e. The van der Waals surface area contributed by atoms with Gasteiger partial charge in [-0.3, -0.25) is 9.69 Å². The smallest absolute Gasteiger partial charge is 0.293 e. The van der Waals surface area contributed by atoms with Gasteiger partial charge in [-0.1, -0.05) is 0 Å². The van der Waals surface area contributed by atoms with Gasteiger partial charge in [0.1, 0.15) is 12.5 Å². The van der Waals surface area contributed by atoms with Crippen LogP contribution in [0.2, 0.25) is 0 Å².